The molecule has 35 heavy (non-hydrogen) atoms. The Morgan fingerprint density at radius 2 is 1.69 bits per heavy atom. The molecule has 0 radical (unpaired) electrons. The van der Waals surface area contributed by atoms with E-state index in [2.05, 4.69) is 27.3 Å². The highest BCUT2D eigenvalue weighted by atomic mass is 16.5. The fourth-order valence-corrected chi connectivity index (χ4v) is 4.56. The molecule has 0 bridgehead atoms. The lowest BCUT2D eigenvalue weighted by molar-refractivity contribution is 0.0517. The quantitative estimate of drug-likeness (QED) is 0.398. The van der Waals surface area contributed by atoms with E-state index < -0.39 is 5.97 Å². The lowest BCUT2D eigenvalue weighted by Gasteiger charge is -2.33. The number of hydrogen-bond donors (Lipinski definition) is 1. The molecule has 3 aromatic rings. The van der Waals surface area contributed by atoms with E-state index in [9.17, 15) is 4.79 Å². The van der Waals surface area contributed by atoms with Crippen LogP contribution < -0.4 is 14.8 Å². The molecule has 1 saturated heterocycles. The molecule has 1 fully saturated rings. The fraction of sp³-hybridized carbons (Fsp3) is 0.429. The van der Waals surface area contributed by atoms with Gasteiger partial charge in [-0.25, -0.2) is 4.79 Å². The first-order valence-corrected chi connectivity index (χ1v) is 12.5. The lowest BCUT2D eigenvalue weighted by Crippen LogP contribution is -2.38. The van der Waals surface area contributed by atoms with Gasteiger partial charge in [0.25, 0.3) is 0 Å². The molecule has 0 saturated carbocycles. The number of nitrogens with one attached hydrogen (secondary N) is 1. The van der Waals surface area contributed by atoms with Gasteiger partial charge in [0, 0.05) is 31.1 Å². The first-order chi connectivity index (χ1) is 17.1. The molecule has 1 aliphatic rings. The predicted octanol–water partition coefficient (Wildman–Crippen LogP) is 5.29. The fourth-order valence-electron chi connectivity index (χ4n) is 4.56. The van der Waals surface area contributed by atoms with Gasteiger partial charge >= 0.3 is 5.97 Å². The lowest BCUT2D eigenvalue weighted by atomic mass is 10.0. The maximum absolute atomic E-state index is 12.6. The van der Waals surface area contributed by atoms with Crippen molar-refractivity contribution in [1.82, 2.24) is 9.88 Å². The van der Waals surface area contributed by atoms with Crippen LogP contribution >= 0.6 is 0 Å². The van der Waals surface area contributed by atoms with Gasteiger partial charge in [-0.15, -0.1) is 0 Å². The van der Waals surface area contributed by atoms with Crippen LogP contribution in [0, 0.1) is 0 Å². The number of pyridine rings is 1. The van der Waals surface area contributed by atoms with Crippen molar-refractivity contribution in [2.45, 2.75) is 46.2 Å². The normalized spacial score (nSPS) is 14.6. The average molecular weight is 478 g/mol. The number of rotatable bonds is 10. The molecular weight excluding hydrogens is 442 g/mol. The molecule has 7 nitrogen and oxygen atoms in total. The largest absolute Gasteiger partial charge is 0.493 e. The van der Waals surface area contributed by atoms with Crippen LogP contribution in [-0.4, -0.2) is 54.8 Å². The number of ether oxygens (including phenoxy) is 3. The molecule has 0 unspecified atom stereocenters. The monoisotopic (exact) mass is 477 g/mol. The Labute approximate surface area is 207 Å². The zero-order chi connectivity index (χ0) is 24.6. The zero-order valence-corrected chi connectivity index (χ0v) is 20.9. The van der Waals surface area contributed by atoms with Gasteiger partial charge in [0.1, 0.15) is 17.1 Å². The molecule has 4 rings (SSSR count). The van der Waals surface area contributed by atoms with Crippen LogP contribution in [0.2, 0.25) is 0 Å². The summed E-state index contributed by atoms with van der Waals surface area (Å²) in [4.78, 5) is 19.6. The molecule has 7 heteroatoms. The summed E-state index contributed by atoms with van der Waals surface area (Å²) in [6, 6.07) is 14.7. The number of anilines is 1. The second-order valence-electron chi connectivity index (χ2n) is 8.67. The smallest absolute Gasteiger partial charge is 0.345 e. The number of carbonyl (C=O) groups is 1. The van der Waals surface area contributed by atoms with E-state index in [-0.39, 0.29) is 0 Å². The number of carbonyl (C=O) groups excluding carboxylic acids is 1. The van der Waals surface area contributed by atoms with Gasteiger partial charge in [-0.05, 0) is 63.4 Å². The maximum atomic E-state index is 12.6. The molecule has 0 spiro atoms. The number of hydrogen-bond acceptors (Lipinski definition) is 7. The van der Waals surface area contributed by atoms with Crippen molar-refractivity contribution in [1.29, 1.82) is 0 Å². The molecule has 0 aliphatic carbocycles. The summed E-state index contributed by atoms with van der Waals surface area (Å²) in [5.41, 5.74) is 3.51. The molecule has 1 aliphatic heterocycles. The van der Waals surface area contributed by atoms with Crippen LogP contribution in [-0.2, 0) is 11.3 Å². The SMILES string of the molecule is CCOC(=O)c1c(OCC)cc(CN2CCC(Nc3cnc4ccccc4c3)CC2)cc1OCC. The van der Waals surface area contributed by atoms with Crippen molar-refractivity contribution >= 4 is 22.6 Å². The third-order valence-electron chi connectivity index (χ3n) is 6.16. The summed E-state index contributed by atoms with van der Waals surface area (Å²) in [7, 11) is 0. The molecule has 0 atom stereocenters. The zero-order valence-electron chi connectivity index (χ0n) is 20.9. The summed E-state index contributed by atoms with van der Waals surface area (Å²) < 4.78 is 16.9. The van der Waals surface area contributed by atoms with Crippen molar-refractivity contribution in [3.63, 3.8) is 0 Å². The molecule has 186 valence electrons. The van der Waals surface area contributed by atoms with E-state index in [4.69, 9.17) is 14.2 Å². The summed E-state index contributed by atoms with van der Waals surface area (Å²) in [5.74, 6) is 0.625. The van der Waals surface area contributed by atoms with Gasteiger partial charge in [0.05, 0.1) is 37.2 Å². The van der Waals surface area contributed by atoms with Crippen LogP contribution in [0.3, 0.4) is 0 Å². The Morgan fingerprint density at radius 3 is 2.34 bits per heavy atom. The Morgan fingerprint density at radius 1 is 1.00 bits per heavy atom. The molecule has 2 aromatic carbocycles. The summed E-state index contributed by atoms with van der Waals surface area (Å²) in [6.07, 6.45) is 4.01. The van der Waals surface area contributed by atoms with Crippen LogP contribution in [0.4, 0.5) is 5.69 Å². The number of nitrogens with zero attached hydrogens (tertiary/aromatic N) is 2. The van der Waals surface area contributed by atoms with Gasteiger partial charge in [-0.2, -0.15) is 0 Å². The van der Waals surface area contributed by atoms with E-state index in [0.717, 1.165) is 54.6 Å². The maximum Gasteiger partial charge on any atom is 0.345 e. The Bertz CT molecular complexity index is 1120. The second-order valence-corrected chi connectivity index (χ2v) is 8.67. The summed E-state index contributed by atoms with van der Waals surface area (Å²) in [6.45, 7) is 9.56. The standard InChI is InChI=1S/C28H35N3O4/c1-4-33-25-15-20(16-26(34-5-2)27(25)28(32)35-6-3)19-31-13-11-22(12-14-31)30-23-17-21-9-7-8-10-24(21)29-18-23/h7-10,15-18,22,30H,4-6,11-14,19H2,1-3H3. The highest BCUT2D eigenvalue weighted by Gasteiger charge is 2.24. The molecule has 2 heterocycles. The number of aromatic nitrogens is 1. The number of likely N-dealkylation sites (tertiary alicyclic amines) is 1. The Hall–Kier alpha value is -3.32. The van der Waals surface area contributed by atoms with Crippen LogP contribution in [0.25, 0.3) is 10.9 Å². The minimum Gasteiger partial charge on any atom is -0.493 e. The van der Waals surface area contributed by atoms with Gasteiger partial charge < -0.3 is 19.5 Å². The van der Waals surface area contributed by atoms with E-state index in [1.807, 2.05) is 50.4 Å². The third kappa shape index (κ3) is 6.22. The summed E-state index contributed by atoms with van der Waals surface area (Å²) >= 11 is 0. The van der Waals surface area contributed by atoms with Crippen molar-refractivity contribution in [3.8, 4) is 11.5 Å². The molecule has 1 N–H and O–H groups in total. The van der Waals surface area contributed by atoms with Gasteiger partial charge in [0.2, 0.25) is 0 Å². The van der Waals surface area contributed by atoms with Crippen LogP contribution in [0.15, 0.2) is 48.7 Å². The van der Waals surface area contributed by atoms with Crippen molar-refractivity contribution in [2.75, 3.05) is 38.2 Å². The van der Waals surface area contributed by atoms with Crippen LogP contribution in [0.1, 0.15) is 49.5 Å². The molecular formula is C28H35N3O4. The third-order valence-corrected chi connectivity index (χ3v) is 6.16. The topological polar surface area (TPSA) is 72.9 Å². The molecule has 0 amide bonds. The first kappa shape index (κ1) is 24.8. The molecule has 1 aromatic heterocycles. The number of fused-ring (bicyclic) bond motifs is 1. The minimum atomic E-state index is -0.416. The van der Waals surface area contributed by atoms with E-state index in [1.54, 1.807) is 6.92 Å². The highest BCUT2D eigenvalue weighted by molar-refractivity contribution is 5.96. The van der Waals surface area contributed by atoms with Gasteiger partial charge in [-0.1, -0.05) is 18.2 Å². The van der Waals surface area contributed by atoms with Crippen LogP contribution in [0.5, 0.6) is 11.5 Å². The number of para-hydroxylation sites is 1. The number of piperidine rings is 1. The van der Waals surface area contributed by atoms with Gasteiger partial charge in [-0.3, -0.25) is 9.88 Å². The second kappa shape index (κ2) is 11.9. The Kier molecular flexibility index (Phi) is 8.42. The first-order valence-electron chi connectivity index (χ1n) is 12.5. The average Bonchev–Trinajstić information content (AvgIpc) is 2.86. The van der Waals surface area contributed by atoms with Crippen molar-refractivity contribution in [2.24, 2.45) is 0 Å². The Balaban J connectivity index is 1.41. The number of esters is 1. The number of benzene rings is 2. The van der Waals surface area contributed by atoms with Crippen molar-refractivity contribution in [3.05, 3.63) is 59.8 Å². The summed E-state index contributed by atoms with van der Waals surface area (Å²) in [5, 5.41) is 4.81. The van der Waals surface area contributed by atoms with E-state index >= 15 is 0 Å². The van der Waals surface area contributed by atoms with E-state index in [1.165, 1.54) is 0 Å². The van der Waals surface area contributed by atoms with Gasteiger partial charge in [0.15, 0.2) is 0 Å². The van der Waals surface area contributed by atoms with E-state index in [0.29, 0.717) is 42.9 Å². The minimum absolute atomic E-state index is 0.302. The van der Waals surface area contributed by atoms with Crippen molar-refractivity contribution < 1.29 is 19.0 Å². The predicted molar refractivity (Wildman–Crippen MR) is 138 cm³/mol. The highest BCUT2D eigenvalue weighted by Crippen LogP contribution is 2.33.